The van der Waals surface area contributed by atoms with E-state index in [-0.39, 0.29) is 11.9 Å². The standard InChI is InChI=1S/C13H26N2O2/c1-2-9-17-10-7-13(16)15-8-5-3-4-6-12(15)11-14/h12H,2-11,14H2,1H3. The first-order valence-corrected chi connectivity index (χ1v) is 6.86. The number of hydrogen-bond donors (Lipinski definition) is 1. The zero-order valence-corrected chi connectivity index (χ0v) is 11.0. The molecule has 0 spiro atoms. The Balaban J connectivity index is 2.35. The van der Waals surface area contributed by atoms with E-state index >= 15 is 0 Å². The van der Waals surface area contributed by atoms with Gasteiger partial charge in [-0.3, -0.25) is 4.79 Å². The van der Waals surface area contributed by atoms with E-state index < -0.39 is 0 Å². The Morgan fingerprint density at radius 3 is 2.88 bits per heavy atom. The zero-order valence-electron chi connectivity index (χ0n) is 11.0. The highest BCUT2D eigenvalue weighted by Crippen LogP contribution is 2.16. The normalized spacial score (nSPS) is 21.3. The first-order valence-electron chi connectivity index (χ1n) is 6.86. The smallest absolute Gasteiger partial charge is 0.225 e. The summed E-state index contributed by atoms with van der Waals surface area (Å²) in [6, 6.07) is 0.246. The van der Waals surface area contributed by atoms with Gasteiger partial charge in [0.2, 0.25) is 5.91 Å². The Hall–Kier alpha value is -0.610. The minimum absolute atomic E-state index is 0.207. The Morgan fingerprint density at radius 2 is 2.18 bits per heavy atom. The molecule has 0 aromatic heterocycles. The Labute approximate surface area is 104 Å². The van der Waals surface area contributed by atoms with E-state index in [2.05, 4.69) is 6.92 Å². The summed E-state index contributed by atoms with van der Waals surface area (Å²) in [7, 11) is 0. The second-order valence-electron chi connectivity index (χ2n) is 4.69. The quantitative estimate of drug-likeness (QED) is 0.719. The lowest BCUT2D eigenvalue weighted by Gasteiger charge is -2.29. The molecule has 0 aromatic carbocycles. The van der Waals surface area contributed by atoms with Gasteiger partial charge in [-0.2, -0.15) is 0 Å². The van der Waals surface area contributed by atoms with Crippen molar-refractivity contribution in [3.8, 4) is 0 Å². The molecule has 0 saturated carbocycles. The third-order valence-electron chi connectivity index (χ3n) is 3.28. The molecule has 1 aliphatic heterocycles. The number of ether oxygens (including phenoxy) is 1. The van der Waals surface area contributed by atoms with Gasteiger partial charge in [0.1, 0.15) is 0 Å². The lowest BCUT2D eigenvalue weighted by molar-refractivity contribution is -0.134. The van der Waals surface area contributed by atoms with Crippen molar-refractivity contribution in [2.24, 2.45) is 5.73 Å². The van der Waals surface area contributed by atoms with Crippen LogP contribution in [0.25, 0.3) is 0 Å². The maximum absolute atomic E-state index is 12.1. The van der Waals surface area contributed by atoms with E-state index in [1.807, 2.05) is 4.90 Å². The van der Waals surface area contributed by atoms with Crippen molar-refractivity contribution in [1.82, 2.24) is 4.90 Å². The molecule has 17 heavy (non-hydrogen) atoms. The number of likely N-dealkylation sites (tertiary alicyclic amines) is 1. The van der Waals surface area contributed by atoms with Crippen molar-refractivity contribution in [3.05, 3.63) is 0 Å². The van der Waals surface area contributed by atoms with Crippen molar-refractivity contribution in [2.45, 2.75) is 51.5 Å². The molecule has 0 bridgehead atoms. The molecule has 100 valence electrons. The first-order chi connectivity index (χ1) is 8.29. The Kier molecular flexibility index (Phi) is 7.21. The van der Waals surface area contributed by atoms with Crippen LogP contribution in [0.5, 0.6) is 0 Å². The lowest BCUT2D eigenvalue weighted by atomic mass is 10.1. The van der Waals surface area contributed by atoms with Gasteiger partial charge in [0.25, 0.3) is 0 Å². The van der Waals surface area contributed by atoms with E-state index in [9.17, 15) is 4.79 Å². The van der Waals surface area contributed by atoms with Crippen molar-refractivity contribution in [3.63, 3.8) is 0 Å². The summed E-state index contributed by atoms with van der Waals surface area (Å²) in [5, 5.41) is 0. The predicted molar refractivity (Wildman–Crippen MR) is 68.8 cm³/mol. The summed E-state index contributed by atoms with van der Waals surface area (Å²) in [6.45, 7) is 4.81. The Bertz CT molecular complexity index is 221. The van der Waals surface area contributed by atoms with Crippen molar-refractivity contribution < 1.29 is 9.53 Å². The average Bonchev–Trinajstić information content (AvgIpc) is 2.59. The van der Waals surface area contributed by atoms with Crippen LogP contribution in [0.3, 0.4) is 0 Å². The third kappa shape index (κ3) is 5.04. The van der Waals surface area contributed by atoms with Crippen molar-refractivity contribution >= 4 is 5.91 Å². The summed E-state index contributed by atoms with van der Waals surface area (Å²) in [6.07, 6.45) is 6.07. The van der Waals surface area contributed by atoms with Gasteiger partial charge in [-0.05, 0) is 19.3 Å². The van der Waals surface area contributed by atoms with Gasteiger partial charge < -0.3 is 15.4 Å². The van der Waals surface area contributed by atoms with Crippen LogP contribution in [0.4, 0.5) is 0 Å². The van der Waals surface area contributed by atoms with Gasteiger partial charge in [-0.1, -0.05) is 19.8 Å². The third-order valence-corrected chi connectivity index (χ3v) is 3.28. The maximum atomic E-state index is 12.1. The fourth-order valence-corrected chi connectivity index (χ4v) is 2.30. The number of amides is 1. The second kappa shape index (κ2) is 8.48. The summed E-state index contributed by atoms with van der Waals surface area (Å²) in [5.74, 6) is 0.207. The van der Waals surface area contributed by atoms with Crippen LogP contribution in [-0.2, 0) is 9.53 Å². The molecule has 1 fully saturated rings. The highest BCUT2D eigenvalue weighted by molar-refractivity contribution is 5.76. The highest BCUT2D eigenvalue weighted by atomic mass is 16.5. The number of rotatable bonds is 6. The van der Waals surface area contributed by atoms with Crippen molar-refractivity contribution in [2.75, 3.05) is 26.3 Å². The fraction of sp³-hybridized carbons (Fsp3) is 0.923. The Morgan fingerprint density at radius 1 is 1.35 bits per heavy atom. The molecule has 1 rings (SSSR count). The van der Waals surface area contributed by atoms with E-state index in [4.69, 9.17) is 10.5 Å². The summed E-state index contributed by atoms with van der Waals surface area (Å²) < 4.78 is 5.37. The SMILES string of the molecule is CCCOCCC(=O)N1CCCCCC1CN. The summed E-state index contributed by atoms with van der Waals surface area (Å²) >= 11 is 0. The minimum Gasteiger partial charge on any atom is -0.381 e. The van der Waals surface area contributed by atoms with Gasteiger partial charge >= 0.3 is 0 Å². The van der Waals surface area contributed by atoms with Crippen LogP contribution in [0.15, 0.2) is 0 Å². The van der Waals surface area contributed by atoms with E-state index in [1.54, 1.807) is 0 Å². The van der Waals surface area contributed by atoms with Gasteiger partial charge in [-0.15, -0.1) is 0 Å². The average molecular weight is 242 g/mol. The van der Waals surface area contributed by atoms with Gasteiger partial charge in [0.05, 0.1) is 13.0 Å². The van der Waals surface area contributed by atoms with Crippen LogP contribution in [0, 0.1) is 0 Å². The second-order valence-corrected chi connectivity index (χ2v) is 4.69. The molecule has 4 nitrogen and oxygen atoms in total. The van der Waals surface area contributed by atoms with Crippen molar-refractivity contribution in [1.29, 1.82) is 0 Å². The van der Waals surface area contributed by atoms with Gasteiger partial charge in [0.15, 0.2) is 0 Å². The molecular weight excluding hydrogens is 216 g/mol. The molecule has 1 atom stereocenters. The summed E-state index contributed by atoms with van der Waals surface area (Å²) in [5.41, 5.74) is 5.75. The van der Waals surface area contributed by atoms with E-state index in [1.165, 1.54) is 12.8 Å². The minimum atomic E-state index is 0.207. The molecule has 1 heterocycles. The lowest BCUT2D eigenvalue weighted by Crippen LogP contribution is -2.44. The number of carbonyl (C=O) groups excluding carboxylic acids is 1. The monoisotopic (exact) mass is 242 g/mol. The highest BCUT2D eigenvalue weighted by Gasteiger charge is 2.23. The zero-order chi connectivity index (χ0) is 12.5. The number of hydrogen-bond acceptors (Lipinski definition) is 3. The van der Waals surface area contributed by atoms with Crippen LogP contribution in [0.1, 0.15) is 45.4 Å². The molecular formula is C13H26N2O2. The molecule has 1 unspecified atom stereocenters. The predicted octanol–water partition coefficient (Wildman–Crippen LogP) is 1.53. The number of nitrogens with two attached hydrogens (primary N) is 1. The van der Waals surface area contributed by atoms with Gasteiger partial charge in [0, 0.05) is 25.7 Å². The number of carbonyl (C=O) groups is 1. The summed E-state index contributed by atoms with van der Waals surface area (Å²) in [4.78, 5) is 14.0. The molecule has 2 N–H and O–H groups in total. The molecule has 1 aliphatic rings. The molecule has 0 aromatic rings. The first kappa shape index (κ1) is 14.5. The molecule has 4 heteroatoms. The number of nitrogens with zero attached hydrogens (tertiary/aromatic N) is 1. The molecule has 0 radical (unpaired) electrons. The van der Waals surface area contributed by atoms with Gasteiger partial charge in [-0.25, -0.2) is 0 Å². The topological polar surface area (TPSA) is 55.6 Å². The van der Waals surface area contributed by atoms with Crippen LogP contribution < -0.4 is 5.73 Å². The molecule has 1 amide bonds. The fourth-order valence-electron chi connectivity index (χ4n) is 2.30. The van der Waals surface area contributed by atoms with Crippen LogP contribution in [0.2, 0.25) is 0 Å². The van der Waals surface area contributed by atoms with Crippen LogP contribution in [-0.4, -0.2) is 43.2 Å². The molecule has 0 aliphatic carbocycles. The van der Waals surface area contributed by atoms with E-state index in [0.29, 0.717) is 19.6 Å². The van der Waals surface area contributed by atoms with Crippen LogP contribution >= 0.6 is 0 Å². The van der Waals surface area contributed by atoms with E-state index in [0.717, 1.165) is 32.4 Å². The largest absolute Gasteiger partial charge is 0.381 e. The maximum Gasteiger partial charge on any atom is 0.225 e. The molecule has 1 saturated heterocycles.